The van der Waals surface area contributed by atoms with Crippen molar-refractivity contribution in [3.05, 3.63) is 59.7 Å². The van der Waals surface area contributed by atoms with Gasteiger partial charge in [0, 0.05) is 5.56 Å². The zero-order chi connectivity index (χ0) is 22.3. The van der Waals surface area contributed by atoms with Crippen LogP contribution in [-0.2, 0) is 19.7 Å². The molecule has 2 aromatic rings. The van der Waals surface area contributed by atoms with Crippen molar-refractivity contribution in [3.63, 3.8) is 0 Å². The number of hydrogen-bond donors (Lipinski definition) is 2. The van der Waals surface area contributed by atoms with E-state index in [-0.39, 0.29) is 12.0 Å². The first-order valence-corrected chi connectivity index (χ1v) is 9.64. The summed E-state index contributed by atoms with van der Waals surface area (Å²) in [7, 11) is 1.49. The monoisotopic (exact) mass is 412 g/mol. The molecule has 0 aliphatic heterocycles. The molecule has 0 heterocycles. The number of esters is 1. The van der Waals surface area contributed by atoms with Crippen molar-refractivity contribution in [3.8, 4) is 5.75 Å². The van der Waals surface area contributed by atoms with E-state index in [2.05, 4.69) is 31.4 Å². The van der Waals surface area contributed by atoms with Crippen molar-refractivity contribution in [2.24, 2.45) is 0 Å². The number of amides is 2. The van der Waals surface area contributed by atoms with Gasteiger partial charge >= 0.3 is 5.97 Å². The minimum Gasteiger partial charge on any atom is -0.495 e. The largest absolute Gasteiger partial charge is 0.495 e. The SMILES string of the molecule is COc1ccccc1NC(=O)[C@H](C)OC(=O)CNC(=O)c1ccc(C(C)(C)C)cc1. The van der Waals surface area contributed by atoms with Crippen LogP contribution in [-0.4, -0.2) is 37.5 Å². The second-order valence-corrected chi connectivity index (χ2v) is 7.83. The van der Waals surface area contributed by atoms with Crippen molar-refractivity contribution < 1.29 is 23.9 Å². The molecule has 2 rings (SSSR count). The molecule has 0 fully saturated rings. The molecule has 2 N–H and O–H groups in total. The normalized spacial score (nSPS) is 11.9. The van der Waals surface area contributed by atoms with Crippen LogP contribution in [0, 0.1) is 0 Å². The maximum atomic E-state index is 12.3. The zero-order valence-electron chi connectivity index (χ0n) is 17.9. The van der Waals surface area contributed by atoms with Gasteiger partial charge in [0.25, 0.3) is 11.8 Å². The van der Waals surface area contributed by atoms with Crippen LogP contribution in [0.5, 0.6) is 5.75 Å². The van der Waals surface area contributed by atoms with E-state index in [1.807, 2.05) is 12.1 Å². The van der Waals surface area contributed by atoms with Gasteiger partial charge in [-0.1, -0.05) is 45.0 Å². The lowest BCUT2D eigenvalue weighted by Crippen LogP contribution is -2.35. The molecule has 0 aromatic heterocycles. The first-order valence-electron chi connectivity index (χ1n) is 9.64. The maximum Gasteiger partial charge on any atom is 0.326 e. The van der Waals surface area contributed by atoms with Gasteiger partial charge in [0.15, 0.2) is 6.10 Å². The van der Waals surface area contributed by atoms with Crippen molar-refractivity contribution in [2.75, 3.05) is 19.0 Å². The first kappa shape index (κ1) is 22.9. The van der Waals surface area contributed by atoms with E-state index >= 15 is 0 Å². The zero-order valence-corrected chi connectivity index (χ0v) is 17.9. The van der Waals surface area contributed by atoms with Crippen LogP contribution in [0.25, 0.3) is 0 Å². The van der Waals surface area contributed by atoms with E-state index < -0.39 is 23.9 Å². The van der Waals surface area contributed by atoms with Gasteiger partial charge in [0.2, 0.25) is 0 Å². The number of ether oxygens (including phenoxy) is 2. The van der Waals surface area contributed by atoms with E-state index in [0.717, 1.165) is 5.56 Å². The van der Waals surface area contributed by atoms with Gasteiger partial charge in [-0.3, -0.25) is 14.4 Å². The summed E-state index contributed by atoms with van der Waals surface area (Å²) in [6.07, 6.45) is -1.04. The highest BCUT2D eigenvalue weighted by Gasteiger charge is 2.20. The molecule has 1 atom stereocenters. The van der Waals surface area contributed by atoms with Crippen LogP contribution >= 0.6 is 0 Å². The Balaban J connectivity index is 1.84. The van der Waals surface area contributed by atoms with Crippen LogP contribution in [0.4, 0.5) is 5.69 Å². The Morgan fingerprint density at radius 2 is 1.63 bits per heavy atom. The summed E-state index contributed by atoms with van der Waals surface area (Å²) in [6.45, 7) is 7.37. The lowest BCUT2D eigenvalue weighted by atomic mass is 9.87. The quantitative estimate of drug-likeness (QED) is 0.681. The summed E-state index contributed by atoms with van der Waals surface area (Å²) in [4.78, 5) is 36.5. The molecule has 160 valence electrons. The summed E-state index contributed by atoms with van der Waals surface area (Å²) in [6, 6.07) is 14.1. The highest BCUT2D eigenvalue weighted by molar-refractivity contribution is 5.98. The van der Waals surface area contributed by atoms with E-state index in [0.29, 0.717) is 17.0 Å². The Labute approximate surface area is 176 Å². The van der Waals surface area contributed by atoms with E-state index in [1.165, 1.54) is 14.0 Å². The molecule has 2 aromatic carbocycles. The van der Waals surface area contributed by atoms with Gasteiger partial charge in [-0.05, 0) is 42.2 Å². The highest BCUT2D eigenvalue weighted by Crippen LogP contribution is 2.23. The van der Waals surface area contributed by atoms with Crippen LogP contribution in [0.15, 0.2) is 48.5 Å². The number of rotatable bonds is 7. The average molecular weight is 412 g/mol. The van der Waals surface area contributed by atoms with Crippen LogP contribution < -0.4 is 15.4 Å². The molecular weight excluding hydrogens is 384 g/mol. The fourth-order valence-electron chi connectivity index (χ4n) is 2.65. The Bertz CT molecular complexity index is 901. The van der Waals surface area contributed by atoms with Gasteiger partial charge in [0.05, 0.1) is 12.8 Å². The number of nitrogens with one attached hydrogen (secondary N) is 2. The molecule has 0 spiro atoms. The molecular formula is C23H28N2O5. The molecule has 2 amide bonds. The van der Waals surface area contributed by atoms with E-state index in [4.69, 9.17) is 9.47 Å². The second-order valence-electron chi connectivity index (χ2n) is 7.83. The smallest absolute Gasteiger partial charge is 0.326 e. The third-order valence-electron chi connectivity index (χ3n) is 4.45. The van der Waals surface area contributed by atoms with Gasteiger partial charge in [-0.15, -0.1) is 0 Å². The third kappa shape index (κ3) is 6.34. The summed E-state index contributed by atoms with van der Waals surface area (Å²) in [5.74, 6) is -1.11. The second kappa shape index (κ2) is 9.91. The summed E-state index contributed by atoms with van der Waals surface area (Å²) >= 11 is 0. The number of methoxy groups -OCH3 is 1. The number of anilines is 1. The van der Waals surface area contributed by atoms with Crippen molar-refractivity contribution in [2.45, 2.75) is 39.2 Å². The first-order chi connectivity index (χ1) is 14.1. The number of hydrogen-bond acceptors (Lipinski definition) is 5. The lowest BCUT2D eigenvalue weighted by Gasteiger charge is -2.19. The van der Waals surface area contributed by atoms with Crippen LogP contribution in [0.1, 0.15) is 43.6 Å². The Morgan fingerprint density at radius 3 is 2.23 bits per heavy atom. The predicted octanol–water partition coefficient (Wildman–Crippen LogP) is 3.29. The molecule has 0 bridgehead atoms. The molecule has 0 saturated heterocycles. The van der Waals surface area contributed by atoms with Crippen LogP contribution in [0.2, 0.25) is 0 Å². The summed E-state index contributed by atoms with van der Waals surface area (Å²) < 4.78 is 10.3. The van der Waals surface area contributed by atoms with Crippen LogP contribution in [0.3, 0.4) is 0 Å². The number of carbonyl (C=O) groups excluding carboxylic acids is 3. The minimum absolute atomic E-state index is 0.0146. The molecule has 7 nitrogen and oxygen atoms in total. The fraction of sp³-hybridized carbons (Fsp3) is 0.348. The molecule has 0 aliphatic carbocycles. The summed E-state index contributed by atoms with van der Waals surface area (Å²) in [5.41, 5.74) is 2.00. The Kier molecular flexibility index (Phi) is 7.58. The number of benzene rings is 2. The molecule has 0 aliphatic rings. The van der Waals surface area contributed by atoms with Crippen molar-refractivity contribution >= 4 is 23.5 Å². The average Bonchev–Trinajstić information content (AvgIpc) is 2.71. The van der Waals surface area contributed by atoms with Crippen molar-refractivity contribution in [1.29, 1.82) is 0 Å². The third-order valence-corrected chi connectivity index (χ3v) is 4.45. The summed E-state index contributed by atoms with van der Waals surface area (Å²) in [5, 5.41) is 5.15. The van der Waals surface area contributed by atoms with Gasteiger partial charge in [-0.25, -0.2) is 0 Å². The van der Waals surface area contributed by atoms with Gasteiger partial charge in [0.1, 0.15) is 12.3 Å². The molecule has 0 radical (unpaired) electrons. The predicted molar refractivity (Wildman–Crippen MR) is 115 cm³/mol. The Hall–Kier alpha value is -3.35. The highest BCUT2D eigenvalue weighted by atomic mass is 16.5. The minimum atomic E-state index is -1.04. The fourth-order valence-corrected chi connectivity index (χ4v) is 2.65. The molecule has 7 heteroatoms. The molecule has 30 heavy (non-hydrogen) atoms. The standard InChI is InChI=1S/C23H28N2O5/c1-15(21(27)25-18-8-6-7-9-19(18)29-5)30-20(26)14-24-22(28)16-10-12-17(13-11-16)23(2,3)4/h6-13,15H,14H2,1-5H3,(H,24,28)(H,25,27)/t15-/m0/s1. The maximum absolute atomic E-state index is 12.3. The van der Waals surface area contributed by atoms with Gasteiger partial charge < -0.3 is 20.1 Å². The lowest BCUT2D eigenvalue weighted by molar-refractivity contribution is -0.152. The Morgan fingerprint density at radius 1 is 1.00 bits per heavy atom. The van der Waals surface area contributed by atoms with Gasteiger partial charge in [-0.2, -0.15) is 0 Å². The number of carbonyl (C=O) groups is 3. The topological polar surface area (TPSA) is 93.7 Å². The van der Waals surface area contributed by atoms with Crippen molar-refractivity contribution in [1.82, 2.24) is 5.32 Å². The van der Waals surface area contributed by atoms with E-state index in [9.17, 15) is 14.4 Å². The molecule has 0 saturated carbocycles. The van der Waals surface area contributed by atoms with E-state index in [1.54, 1.807) is 36.4 Å². The number of para-hydroxylation sites is 2. The molecule has 0 unspecified atom stereocenters.